The van der Waals surface area contributed by atoms with Gasteiger partial charge < -0.3 is 20.4 Å². The van der Waals surface area contributed by atoms with Gasteiger partial charge in [0, 0.05) is 50.7 Å². The van der Waals surface area contributed by atoms with Gasteiger partial charge in [-0.2, -0.15) is 0 Å². The SMILES string of the molecule is Cc1nc(N2CCN(C)CC2)cc(N(C)c2cccc(N)c2)n1. The molecule has 0 amide bonds. The third-order valence-electron chi connectivity index (χ3n) is 4.24. The number of hydrogen-bond donors (Lipinski definition) is 1. The average Bonchev–Trinajstić information content (AvgIpc) is 2.54. The van der Waals surface area contributed by atoms with E-state index in [0.29, 0.717) is 0 Å². The number of rotatable bonds is 3. The molecule has 0 atom stereocenters. The Morgan fingerprint density at radius 2 is 1.83 bits per heavy atom. The maximum atomic E-state index is 5.89. The number of piperazine rings is 1. The van der Waals surface area contributed by atoms with Crippen molar-refractivity contribution in [3.8, 4) is 0 Å². The van der Waals surface area contributed by atoms with Crippen LogP contribution in [0, 0.1) is 6.92 Å². The first-order valence-corrected chi connectivity index (χ1v) is 7.91. The fraction of sp³-hybridized carbons (Fsp3) is 0.412. The van der Waals surface area contributed by atoms with E-state index in [1.54, 1.807) is 0 Å². The Bertz CT molecular complexity index is 679. The predicted octanol–water partition coefficient (Wildman–Crippen LogP) is 1.89. The Hall–Kier alpha value is -2.34. The second-order valence-corrected chi connectivity index (χ2v) is 6.08. The molecule has 0 aliphatic carbocycles. The minimum Gasteiger partial charge on any atom is -0.399 e. The average molecular weight is 312 g/mol. The summed E-state index contributed by atoms with van der Waals surface area (Å²) in [5.41, 5.74) is 7.66. The summed E-state index contributed by atoms with van der Waals surface area (Å²) in [5, 5.41) is 0. The van der Waals surface area contributed by atoms with Gasteiger partial charge in [0.1, 0.15) is 17.5 Å². The van der Waals surface area contributed by atoms with Crippen LogP contribution in [0.25, 0.3) is 0 Å². The van der Waals surface area contributed by atoms with Gasteiger partial charge in [-0.1, -0.05) is 6.07 Å². The molecule has 1 aromatic carbocycles. The van der Waals surface area contributed by atoms with Crippen LogP contribution in [0.4, 0.5) is 23.0 Å². The second kappa shape index (κ2) is 6.42. The molecule has 0 radical (unpaired) electrons. The van der Waals surface area contributed by atoms with Gasteiger partial charge >= 0.3 is 0 Å². The van der Waals surface area contributed by atoms with Crippen LogP contribution in [0.3, 0.4) is 0 Å². The zero-order valence-electron chi connectivity index (χ0n) is 14.0. The number of aryl methyl sites for hydroxylation is 1. The summed E-state index contributed by atoms with van der Waals surface area (Å²) in [6, 6.07) is 9.88. The maximum absolute atomic E-state index is 5.89. The molecule has 122 valence electrons. The van der Waals surface area contributed by atoms with Gasteiger partial charge in [0.15, 0.2) is 0 Å². The van der Waals surface area contributed by atoms with Crippen molar-refractivity contribution in [2.24, 2.45) is 0 Å². The molecular weight excluding hydrogens is 288 g/mol. The van der Waals surface area contributed by atoms with Crippen molar-refractivity contribution in [3.05, 3.63) is 36.2 Å². The van der Waals surface area contributed by atoms with E-state index in [1.807, 2.05) is 43.1 Å². The van der Waals surface area contributed by atoms with Gasteiger partial charge in [-0.3, -0.25) is 0 Å². The summed E-state index contributed by atoms with van der Waals surface area (Å²) in [5.74, 6) is 2.67. The molecular formula is C17H24N6. The largest absolute Gasteiger partial charge is 0.399 e. The van der Waals surface area contributed by atoms with Gasteiger partial charge in [0.25, 0.3) is 0 Å². The van der Waals surface area contributed by atoms with Crippen LogP contribution < -0.4 is 15.5 Å². The lowest BCUT2D eigenvalue weighted by molar-refractivity contribution is 0.312. The number of nitrogens with zero attached hydrogens (tertiary/aromatic N) is 5. The Morgan fingerprint density at radius 3 is 2.52 bits per heavy atom. The number of nitrogens with two attached hydrogens (primary N) is 1. The van der Waals surface area contributed by atoms with Gasteiger partial charge in [-0.05, 0) is 32.2 Å². The molecule has 1 aliphatic rings. The summed E-state index contributed by atoms with van der Waals surface area (Å²) in [4.78, 5) is 15.9. The highest BCUT2D eigenvalue weighted by atomic mass is 15.3. The van der Waals surface area contributed by atoms with Crippen LogP contribution in [-0.4, -0.2) is 55.1 Å². The zero-order valence-corrected chi connectivity index (χ0v) is 14.0. The quantitative estimate of drug-likeness (QED) is 0.873. The lowest BCUT2D eigenvalue weighted by atomic mass is 10.2. The van der Waals surface area contributed by atoms with Crippen molar-refractivity contribution < 1.29 is 0 Å². The Kier molecular flexibility index (Phi) is 4.34. The monoisotopic (exact) mass is 312 g/mol. The van der Waals surface area contributed by atoms with Gasteiger partial charge in [-0.15, -0.1) is 0 Å². The normalized spacial score (nSPS) is 15.7. The van der Waals surface area contributed by atoms with Crippen LogP contribution in [0.2, 0.25) is 0 Å². The van der Waals surface area contributed by atoms with E-state index < -0.39 is 0 Å². The van der Waals surface area contributed by atoms with Gasteiger partial charge in [-0.25, -0.2) is 9.97 Å². The van der Waals surface area contributed by atoms with E-state index in [-0.39, 0.29) is 0 Å². The minimum atomic E-state index is 0.749. The second-order valence-electron chi connectivity index (χ2n) is 6.08. The summed E-state index contributed by atoms with van der Waals surface area (Å²) < 4.78 is 0. The molecule has 6 nitrogen and oxygen atoms in total. The highest BCUT2D eigenvalue weighted by Crippen LogP contribution is 2.26. The zero-order chi connectivity index (χ0) is 16.4. The Morgan fingerprint density at radius 1 is 1.09 bits per heavy atom. The standard InChI is InChI=1S/C17H24N6/c1-13-19-16(22(3)15-6-4-5-14(18)11-15)12-17(20-13)23-9-7-21(2)8-10-23/h4-6,11-12H,7-10,18H2,1-3H3. The predicted molar refractivity (Wildman–Crippen MR) is 95.4 cm³/mol. The summed E-state index contributed by atoms with van der Waals surface area (Å²) in [6.45, 7) is 6.05. The van der Waals surface area contributed by atoms with Crippen LogP contribution in [0.1, 0.15) is 5.82 Å². The van der Waals surface area contributed by atoms with E-state index >= 15 is 0 Å². The highest BCUT2D eigenvalue weighted by Gasteiger charge is 2.17. The molecule has 1 saturated heterocycles. The maximum Gasteiger partial charge on any atom is 0.138 e. The first-order valence-electron chi connectivity index (χ1n) is 7.91. The molecule has 0 saturated carbocycles. The van der Waals surface area contributed by atoms with Crippen LogP contribution in [-0.2, 0) is 0 Å². The van der Waals surface area contributed by atoms with Crippen LogP contribution >= 0.6 is 0 Å². The third kappa shape index (κ3) is 3.53. The van der Waals surface area contributed by atoms with Crippen molar-refractivity contribution >= 4 is 23.0 Å². The summed E-state index contributed by atoms with van der Waals surface area (Å²) in [7, 11) is 4.16. The molecule has 2 N–H and O–H groups in total. The third-order valence-corrected chi connectivity index (χ3v) is 4.24. The Labute approximate surface area is 137 Å². The molecule has 1 fully saturated rings. The van der Waals surface area contributed by atoms with Crippen LogP contribution in [0.5, 0.6) is 0 Å². The fourth-order valence-corrected chi connectivity index (χ4v) is 2.77. The smallest absolute Gasteiger partial charge is 0.138 e. The van der Waals surface area contributed by atoms with Crippen molar-refractivity contribution in [2.45, 2.75) is 6.92 Å². The number of hydrogen-bond acceptors (Lipinski definition) is 6. The van der Waals surface area contributed by atoms with Gasteiger partial charge in [0.05, 0.1) is 0 Å². The van der Waals surface area contributed by atoms with Crippen molar-refractivity contribution in [1.82, 2.24) is 14.9 Å². The fourth-order valence-electron chi connectivity index (χ4n) is 2.77. The molecule has 23 heavy (non-hydrogen) atoms. The van der Waals surface area contributed by atoms with E-state index in [1.165, 1.54) is 0 Å². The van der Waals surface area contributed by atoms with E-state index in [9.17, 15) is 0 Å². The first kappa shape index (κ1) is 15.6. The molecule has 3 rings (SSSR count). The number of benzene rings is 1. The highest BCUT2D eigenvalue weighted by molar-refractivity contribution is 5.65. The molecule has 0 unspecified atom stereocenters. The van der Waals surface area contributed by atoms with Gasteiger partial charge in [0.2, 0.25) is 0 Å². The lowest BCUT2D eigenvalue weighted by Gasteiger charge is -2.33. The molecule has 0 bridgehead atoms. The molecule has 0 spiro atoms. The van der Waals surface area contributed by atoms with E-state index in [2.05, 4.69) is 32.9 Å². The van der Waals surface area contributed by atoms with Crippen molar-refractivity contribution in [3.63, 3.8) is 0 Å². The van der Waals surface area contributed by atoms with E-state index in [4.69, 9.17) is 5.73 Å². The molecule has 2 aromatic rings. The number of aromatic nitrogens is 2. The van der Waals surface area contributed by atoms with E-state index in [0.717, 1.165) is 55.0 Å². The summed E-state index contributed by atoms with van der Waals surface area (Å²) in [6.07, 6.45) is 0. The Balaban J connectivity index is 1.88. The number of nitrogen functional groups attached to an aromatic ring is 1. The van der Waals surface area contributed by atoms with Crippen molar-refractivity contribution in [1.29, 1.82) is 0 Å². The molecule has 2 heterocycles. The first-order chi connectivity index (χ1) is 11.0. The minimum absolute atomic E-state index is 0.749. The number of likely N-dealkylation sites (N-methyl/N-ethyl adjacent to an activating group) is 1. The van der Waals surface area contributed by atoms with Crippen LogP contribution in [0.15, 0.2) is 30.3 Å². The number of anilines is 4. The summed E-state index contributed by atoms with van der Waals surface area (Å²) >= 11 is 0. The lowest BCUT2D eigenvalue weighted by Crippen LogP contribution is -2.45. The molecule has 1 aliphatic heterocycles. The molecule has 6 heteroatoms. The topological polar surface area (TPSA) is 61.5 Å². The molecule has 1 aromatic heterocycles. The van der Waals surface area contributed by atoms with Crippen molar-refractivity contribution in [2.75, 3.05) is 55.8 Å².